The smallest absolute Gasteiger partial charge is 0.550 e. The number of unbranched alkanes of at least 4 members (excludes halogenated alkanes) is 7. The van der Waals surface area contributed by atoms with E-state index in [2.05, 4.69) is 6.58 Å². The fourth-order valence-corrected chi connectivity index (χ4v) is 2.32. The molecule has 0 fully saturated rings. The average Bonchev–Trinajstić information content (AvgIpc) is 2.53. The van der Waals surface area contributed by atoms with Crippen LogP contribution in [0, 0.1) is 0 Å². The number of benzene rings is 1. The van der Waals surface area contributed by atoms with Crippen LogP contribution in [-0.4, -0.2) is 12.6 Å². The van der Waals surface area contributed by atoms with Crippen LogP contribution in [0.15, 0.2) is 30.8 Å². The second kappa shape index (κ2) is 15.4. The topological polar surface area (TPSA) is 49.4 Å². The third kappa shape index (κ3) is 12.9. The largest absolute Gasteiger partial charge is 1.00 e. The van der Waals surface area contributed by atoms with Crippen LogP contribution in [0.25, 0.3) is 6.08 Å². The summed E-state index contributed by atoms with van der Waals surface area (Å²) in [5.74, 6) is -0.0161. The third-order valence-corrected chi connectivity index (χ3v) is 3.66. The predicted octanol–water partition coefficient (Wildman–Crippen LogP) is 0.973. The zero-order chi connectivity index (χ0) is 16.0. The molecule has 0 N–H and O–H groups in total. The van der Waals surface area contributed by atoms with Gasteiger partial charge in [0.2, 0.25) is 0 Å². The van der Waals surface area contributed by atoms with Crippen molar-refractivity contribution in [1.29, 1.82) is 0 Å². The number of hydrogen-bond donors (Lipinski definition) is 0. The first-order chi connectivity index (χ1) is 10.7. The van der Waals surface area contributed by atoms with Crippen molar-refractivity contribution in [2.24, 2.45) is 0 Å². The van der Waals surface area contributed by atoms with E-state index in [9.17, 15) is 9.90 Å². The maximum absolute atomic E-state index is 10.2. The Balaban J connectivity index is 0.00000484. The number of carboxylic acids is 1. The fraction of sp³-hybridized carbons (Fsp3) is 0.526. The second-order valence-electron chi connectivity index (χ2n) is 5.57. The van der Waals surface area contributed by atoms with Crippen LogP contribution in [0.4, 0.5) is 0 Å². The normalized spacial score (nSPS) is 9.91. The molecule has 0 radical (unpaired) electrons. The van der Waals surface area contributed by atoms with Crippen LogP contribution in [-0.2, 0) is 4.79 Å². The van der Waals surface area contributed by atoms with E-state index in [1.807, 2.05) is 30.3 Å². The summed E-state index contributed by atoms with van der Waals surface area (Å²) < 4.78 is 5.69. The average molecular weight is 343 g/mol. The molecule has 0 bridgehead atoms. The quantitative estimate of drug-likeness (QED) is 0.396. The van der Waals surface area contributed by atoms with Gasteiger partial charge in [0, 0.05) is 5.97 Å². The van der Waals surface area contributed by atoms with E-state index in [-0.39, 0.29) is 57.8 Å². The van der Waals surface area contributed by atoms with E-state index < -0.39 is 5.97 Å². The van der Waals surface area contributed by atoms with Gasteiger partial charge in [0.15, 0.2) is 0 Å². The number of rotatable bonds is 13. The van der Waals surface area contributed by atoms with Gasteiger partial charge in [0.05, 0.1) is 6.61 Å². The number of hydrogen-bond acceptors (Lipinski definition) is 3. The molecule has 0 unspecified atom stereocenters. The minimum atomic E-state index is -0.931. The number of carbonyl (C=O) groups is 1. The van der Waals surface area contributed by atoms with Gasteiger partial charge < -0.3 is 14.6 Å². The summed E-state index contributed by atoms with van der Waals surface area (Å²) in [4.78, 5) is 10.2. The number of carboxylic acid groups (broad SMARTS) is 1. The van der Waals surface area contributed by atoms with Gasteiger partial charge in [0.1, 0.15) is 5.75 Å². The summed E-state index contributed by atoms with van der Waals surface area (Å²) in [5.41, 5.74) is 1.10. The summed E-state index contributed by atoms with van der Waals surface area (Å²) in [5, 5.41) is 10.2. The molecule has 0 aromatic heterocycles. The summed E-state index contributed by atoms with van der Waals surface area (Å²) in [6.45, 7) is 4.49. The van der Waals surface area contributed by atoms with Crippen molar-refractivity contribution in [3.8, 4) is 5.75 Å². The van der Waals surface area contributed by atoms with Crippen LogP contribution in [0.1, 0.15) is 63.4 Å². The molecule has 0 amide bonds. The molecule has 0 aliphatic heterocycles. The minimum Gasteiger partial charge on any atom is -0.550 e. The summed E-state index contributed by atoms with van der Waals surface area (Å²) in [7, 11) is 0. The molecule has 1 aromatic rings. The van der Waals surface area contributed by atoms with Crippen LogP contribution in [0.3, 0.4) is 0 Å². The zero-order valence-corrected chi connectivity index (χ0v) is 17.5. The Morgan fingerprint density at radius 3 is 2.00 bits per heavy atom. The standard InChI is InChI=1S/C19H28O3.K/c1-2-17-12-14-18(15-13-17)22-16-10-8-6-4-3-5-7-9-11-19(20)21;/h2,12-15H,1,3-11,16H2,(H,20,21);/q;+1/p-1. The fourth-order valence-electron chi connectivity index (χ4n) is 2.32. The van der Waals surface area contributed by atoms with Crippen molar-refractivity contribution >= 4 is 12.0 Å². The summed E-state index contributed by atoms with van der Waals surface area (Å²) >= 11 is 0. The molecule has 0 spiro atoms. The van der Waals surface area contributed by atoms with Crippen LogP contribution < -0.4 is 61.2 Å². The maximum Gasteiger partial charge on any atom is 1.00 e. The van der Waals surface area contributed by atoms with Gasteiger partial charge in [-0.3, -0.25) is 0 Å². The van der Waals surface area contributed by atoms with Crippen LogP contribution in [0.5, 0.6) is 5.75 Å². The first-order valence-corrected chi connectivity index (χ1v) is 8.27. The third-order valence-electron chi connectivity index (χ3n) is 3.66. The molecule has 0 saturated heterocycles. The molecule has 23 heavy (non-hydrogen) atoms. The monoisotopic (exact) mass is 342 g/mol. The molecule has 0 atom stereocenters. The minimum absolute atomic E-state index is 0. The molecular formula is C19H27KO3. The number of carbonyl (C=O) groups excluding carboxylic acids is 1. The Morgan fingerprint density at radius 1 is 0.957 bits per heavy atom. The Bertz CT molecular complexity index is 429. The molecule has 1 rings (SSSR count). The Morgan fingerprint density at radius 2 is 1.48 bits per heavy atom. The van der Waals surface area contributed by atoms with E-state index in [1.165, 1.54) is 25.7 Å². The van der Waals surface area contributed by atoms with Crippen LogP contribution in [0.2, 0.25) is 0 Å². The molecule has 0 heterocycles. The molecule has 0 aliphatic carbocycles. The molecule has 122 valence electrons. The Hall–Kier alpha value is -0.134. The predicted molar refractivity (Wildman–Crippen MR) is 88.6 cm³/mol. The molecule has 0 saturated carbocycles. The molecule has 4 heteroatoms. The molecule has 3 nitrogen and oxygen atoms in total. The Labute approximate surface area is 182 Å². The van der Waals surface area contributed by atoms with Crippen LogP contribution >= 0.6 is 0 Å². The first kappa shape index (κ1) is 22.9. The van der Waals surface area contributed by atoms with Gasteiger partial charge in [-0.2, -0.15) is 0 Å². The second-order valence-corrected chi connectivity index (χ2v) is 5.57. The summed E-state index contributed by atoms with van der Waals surface area (Å²) in [6.07, 6.45) is 10.8. The van der Waals surface area contributed by atoms with Crippen molar-refractivity contribution in [2.75, 3.05) is 6.61 Å². The van der Waals surface area contributed by atoms with Crippen molar-refractivity contribution in [3.63, 3.8) is 0 Å². The van der Waals surface area contributed by atoms with E-state index in [4.69, 9.17) is 4.74 Å². The first-order valence-electron chi connectivity index (χ1n) is 8.27. The van der Waals surface area contributed by atoms with E-state index >= 15 is 0 Å². The van der Waals surface area contributed by atoms with Crippen molar-refractivity contribution in [2.45, 2.75) is 57.8 Å². The van der Waals surface area contributed by atoms with Crippen molar-refractivity contribution in [1.82, 2.24) is 0 Å². The number of ether oxygens (including phenoxy) is 1. The molecule has 0 aliphatic rings. The maximum atomic E-state index is 10.2. The van der Waals surface area contributed by atoms with Crippen molar-refractivity contribution in [3.05, 3.63) is 36.4 Å². The SMILES string of the molecule is C=Cc1ccc(OCCCCCCCCCCC(=O)[O-])cc1.[K+]. The van der Waals surface area contributed by atoms with Gasteiger partial charge >= 0.3 is 51.4 Å². The molecule has 1 aromatic carbocycles. The Kier molecular flexibility index (Phi) is 15.3. The summed E-state index contributed by atoms with van der Waals surface area (Å²) in [6, 6.07) is 7.96. The number of aliphatic carboxylic acids is 1. The van der Waals surface area contributed by atoms with Gasteiger partial charge in [-0.15, -0.1) is 0 Å². The van der Waals surface area contributed by atoms with Gasteiger partial charge in [-0.1, -0.05) is 63.3 Å². The van der Waals surface area contributed by atoms with Gasteiger partial charge in [0.25, 0.3) is 0 Å². The van der Waals surface area contributed by atoms with Gasteiger partial charge in [-0.25, -0.2) is 0 Å². The zero-order valence-electron chi connectivity index (χ0n) is 14.4. The van der Waals surface area contributed by atoms with Gasteiger partial charge in [-0.05, 0) is 37.0 Å². The van der Waals surface area contributed by atoms with E-state index in [1.54, 1.807) is 0 Å². The van der Waals surface area contributed by atoms with E-state index in [0.717, 1.165) is 43.6 Å². The van der Waals surface area contributed by atoms with Crippen molar-refractivity contribution < 1.29 is 66.0 Å². The van der Waals surface area contributed by atoms with E-state index in [0.29, 0.717) is 0 Å². The molecular weight excluding hydrogens is 315 g/mol.